The number of anilines is 1. The molecule has 0 atom stereocenters. The van der Waals surface area contributed by atoms with E-state index in [0.29, 0.717) is 5.56 Å². The number of aromatic nitrogens is 2. The number of carbonyl (C=O) groups excluding carboxylic acids is 1. The summed E-state index contributed by atoms with van der Waals surface area (Å²) in [5.74, 6) is 1.81. The Kier molecular flexibility index (Phi) is 3.14. The van der Waals surface area contributed by atoms with Gasteiger partial charge in [-0.1, -0.05) is 0 Å². The van der Waals surface area contributed by atoms with Crippen molar-refractivity contribution in [2.24, 2.45) is 0 Å². The first-order valence-corrected chi connectivity index (χ1v) is 6.25. The Hall–Kier alpha value is -1.10. The molecular weight excluding hydrogens is 222 g/mol. The second-order valence-electron chi connectivity index (χ2n) is 4.46. The minimum absolute atomic E-state index is 0.241. The number of nitrogens with zero attached hydrogens (tertiary/aromatic N) is 3. The van der Waals surface area contributed by atoms with Gasteiger partial charge in [-0.3, -0.25) is 4.79 Å². The standard InChI is InChI=1S/C11H15N3OS/c1-11(2)8-14(3-4-16-11)10-12-5-9(7-15)6-13-10/h5-7H,3-4,8H2,1-2H3. The summed E-state index contributed by atoms with van der Waals surface area (Å²) in [5.41, 5.74) is 0.523. The molecule has 1 aromatic rings. The van der Waals surface area contributed by atoms with Gasteiger partial charge in [0.2, 0.25) is 5.95 Å². The molecule has 0 amide bonds. The molecule has 1 aliphatic heterocycles. The van der Waals surface area contributed by atoms with Gasteiger partial charge in [0.05, 0.1) is 5.56 Å². The number of hydrogen-bond donors (Lipinski definition) is 0. The van der Waals surface area contributed by atoms with Gasteiger partial charge >= 0.3 is 0 Å². The highest BCUT2D eigenvalue weighted by Gasteiger charge is 2.28. The van der Waals surface area contributed by atoms with Crippen molar-refractivity contribution in [2.75, 3.05) is 23.7 Å². The van der Waals surface area contributed by atoms with E-state index in [2.05, 4.69) is 28.7 Å². The third-order valence-electron chi connectivity index (χ3n) is 2.50. The van der Waals surface area contributed by atoms with E-state index in [1.165, 1.54) is 0 Å². The van der Waals surface area contributed by atoms with Crippen molar-refractivity contribution in [1.29, 1.82) is 0 Å². The van der Waals surface area contributed by atoms with E-state index in [1.54, 1.807) is 12.4 Å². The van der Waals surface area contributed by atoms with Crippen molar-refractivity contribution in [3.63, 3.8) is 0 Å². The Morgan fingerprint density at radius 3 is 2.69 bits per heavy atom. The molecule has 1 saturated heterocycles. The maximum Gasteiger partial charge on any atom is 0.225 e. The Morgan fingerprint density at radius 1 is 1.44 bits per heavy atom. The molecule has 2 rings (SSSR count). The molecule has 1 aromatic heterocycles. The molecule has 0 saturated carbocycles. The van der Waals surface area contributed by atoms with Crippen LogP contribution < -0.4 is 4.90 Å². The van der Waals surface area contributed by atoms with Crippen LogP contribution in [0.5, 0.6) is 0 Å². The number of aldehydes is 1. The highest BCUT2D eigenvalue weighted by molar-refractivity contribution is 8.00. The molecule has 1 aliphatic rings. The Morgan fingerprint density at radius 2 is 2.12 bits per heavy atom. The molecule has 4 nitrogen and oxygen atoms in total. The topological polar surface area (TPSA) is 46.1 Å². The minimum atomic E-state index is 0.241. The molecule has 0 radical (unpaired) electrons. The molecule has 1 fully saturated rings. The number of rotatable bonds is 2. The van der Waals surface area contributed by atoms with Gasteiger partial charge in [0, 0.05) is 36.0 Å². The van der Waals surface area contributed by atoms with Gasteiger partial charge in [-0.2, -0.15) is 11.8 Å². The van der Waals surface area contributed by atoms with Crippen molar-refractivity contribution in [1.82, 2.24) is 9.97 Å². The fourth-order valence-electron chi connectivity index (χ4n) is 1.74. The maximum atomic E-state index is 10.5. The maximum absolute atomic E-state index is 10.5. The van der Waals surface area contributed by atoms with Gasteiger partial charge in [0.15, 0.2) is 6.29 Å². The summed E-state index contributed by atoms with van der Waals surface area (Å²) < 4.78 is 0.241. The number of hydrogen-bond acceptors (Lipinski definition) is 5. The first-order chi connectivity index (χ1) is 7.61. The summed E-state index contributed by atoms with van der Waals surface area (Å²) in [7, 11) is 0. The van der Waals surface area contributed by atoms with Crippen LogP contribution in [0.3, 0.4) is 0 Å². The third-order valence-corrected chi connectivity index (χ3v) is 3.80. The quantitative estimate of drug-likeness (QED) is 0.731. The molecule has 0 N–H and O–H groups in total. The second-order valence-corrected chi connectivity index (χ2v) is 6.27. The van der Waals surface area contributed by atoms with E-state index in [9.17, 15) is 4.79 Å². The first kappa shape index (κ1) is 11.4. The van der Waals surface area contributed by atoms with E-state index in [0.717, 1.165) is 31.1 Å². The fraction of sp³-hybridized carbons (Fsp3) is 0.545. The van der Waals surface area contributed by atoms with Gasteiger partial charge < -0.3 is 4.90 Å². The smallest absolute Gasteiger partial charge is 0.225 e. The largest absolute Gasteiger partial charge is 0.339 e. The van der Waals surface area contributed by atoms with Gasteiger partial charge in [-0.15, -0.1) is 0 Å². The van der Waals surface area contributed by atoms with Crippen LogP contribution in [-0.2, 0) is 0 Å². The van der Waals surface area contributed by atoms with E-state index in [4.69, 9.17) is 0 Å². The van der Waals surface area contributed by atoms with Crippen molar-refractivity contribution in [2.45, 2.75) is 18.6 Å². The molecular formula is C11H15N3OS. The summed E-state index contributed by atoms with van der Waals surface area (Å²) in [6, 6.07) is 0. The number of thioether (sulfide) groups is 1. The summed E-state index contributed by atoms with van der Waals surface area (Å²) in [6.07, 6.45) is 3.91. The summed E-state index contributed by atoms with van der Waals surface area (Å²) in [6.45, 7) is 6.36. The van der Waals surface area contributed by atoms with Crippen LogP contribution in [0, 0.1) is 0 Å². The van der Waals surface area contributed by atoms with Crippen LogP contribution in [0.15, 0.2) is 12.4 Å². The molecule has 86 valence electrons. The number of carbonyl (C=O) groups is 1. The third kappa shape index (κ3) is 2.52. The lowest BCUT2D eigenvalue weighted by atomic mass is 10.2. The molecule has 0 bridgehead atoms. The summed E-state index contributed by atoms with van der Waals surface area (Å²) >= 11 is 1.97. The van der Waals surface area contributed by atoms with Crippen molar-refractivity contribution in [3.05, 3.63) is 18.0 Å². The zero-order valence-corrected chi connectivity index (χ0v) is 10.3. The molecule has 0 spiro atoms. The lowest BCUT2D eigenvalue weighted by Gasteiger charge is -2.37. The van der Waals surface area contributed by atoms with Crippen molar-refractivity contribution >= 4 is 24.0 Å². The van der Waals surface area contributed by atoms with Gasteiger partial charge in [0.25, 0.3) is 0 Å². The van der Waals surface area contributed by atoms with Gasteiger partial charge in [-0.05, 0) is 13.8 Å². The first-order valence-electron chi connectivity index (χ1n) is 5.27. The average molecular weight is 237 g/mol. The van der Waals surface area contributed by atoms with Crippen molar-refractivity contribution < 1.29 is 4.79 Å². The van der Waals surface area contributed by atoms with Crippen LogP contribution in [0.25, 0.3) is 0 Å². The second kappa shape index (κ2) is 4.41. The SMILES string of the molecule is CC1(C)CN(c2ncc(C=O)cn2)CCS1. The highest BCUT2D eigenvalue weighted by Crippen LogP contribution is 2.30. The van der Waals surface area contributed by atoms with Crippen molar-refractivity contribution in [3.8, 4) is 0 Å². The van der Waals surface area contributed by atoms with Crippen LogP contribution in [-0.4, -0.2) is 39.8 Å². The van der Waals surface area contributed by atoms with Crippen LogP contribution >= 0.6 is 11.8 Å². The van der Waals surface area contributed by atoms with Gasteiger partial charge in [-0.25, -0.2) is 9.97 Å². The molecule has 0 aliphatic carbocycles. The van der Waals surface area contributed by atoms with Gasteiger partial charge in [0.1, 0.15) is 0 Å². The Balaban J connectivity index is 2.14. The van der Waals surface area contributed by atoms with E-state index in [1.807, 2.05) is 11.8 Å². The predicted molar refractivity (Wildman–Crippen MR) is 66.2 cm³/mol. The Labute approximate surface area is 99.5 Å². The minimum Gasteiger partial charge on any atom is -0.339 e. The van der Waals surface area contributed by atoms with E-state index in [-0.39, 0.29) is 4.75 Å². The summed E-state index contributed by atoms with van der Waals surface area (Å²) in [4.78, 5) is 21.1. The van der Waals surface area contributed by atoms with E-state index < -0.39 is 0 Å². The zero-order valence-electron chi connectivity index (χ0n) is 9.51. The Bertz CT molecular complexity index is 377. The van der Waals surface area contributed by atoms with Crippen LogP contribution in [0.2, 0.25) is 0 Å². The normalized spacial score (nSPS) is 19.5. The predicted octanol–water partition coefficient (Wildman–Crippen LogP) is 1.62. The fourth-order valence-corrected chi connectivity index (χ4v) is 2.85. The van der Waals surface area contributed by atoms with Crippen LogP contribution in [0.4, 0.5) is 5.95 Å². The lowest BCUT2D eigenvalue weighted by Crippen LogP contribution is -2.43. The average Bonchev–Trinajstić information content (AvgIpc) is 2.28. The molecule has 16 heavy (non-hydrogen) atoms. The molecule has 2 heterocycles. The molecule has 5 heteroatoms. The molecule has 0 unspecified atom stereocenters. The summed E-state index contributed by atoms with van der Waals surface area (Å²) in [5, 5.41) is 0. The zero-order chi connectivity index (χ0) is 11.6. The molecule has 0 aromatic carbocycles. The lowest BCUT2D eigenvalue weighted by molar-refractivity contribution is 0.112. The highest BCUT2D eigenvalue weighted by atomic mass is 32.2. The van der Waals surface area contributed by atoms with E-state index >= 15 is 0 Å². The van der Waals surface area contributed by atoms with Crippen LogP contribution in [0.1, 0.15) is 24.2 Å². The monoisotopic (exact) mass is 237 g/mol.